The van der Waals surface area contributed by atoms with Crippen molar-refractivity contribution >= 4 is 0 Å². The Morgan fingerprint density at radius 2 is 1.38 bits per heavy atom. The van der Waals surface area contributed by atoms with Crippen LogP contribution in [0.5, 0.6) is 5.75 Å². The van der Waals surface area contributed by atoms with Crippen LogP contribution in [-0.2, 0) is 17.4 Å². The van der Waals surface area contributed by atoms with Crippen molar-refractivity contribution in [2.24, 2.45) is 0 Å². The Hall–Kier alpha value is -0.290. The van der Waals surface area contributed by atoms with Gasteiger partial charge >= 0.3 is 0 Å². The first kappa shape index (κ1) is 20.7. The normalized spacial score (nSPS) is 13.0. The van der Waals surface area contributed by atoms with E-state index < -0.39 is 0 Å². The molecule has 1 rings (SSSR count). The predicted molar refractivity (Wildman–Crippen MR) is 87.2 cm³/mol. The molecule has 0 aliphatic rings. The number of hydrogen-bond donors (Lipinski definition) is 1. The SMILES string of the molecule is CC(C)(C)c1cc(C[N+](C)(C)C)c(O)c(C(C)(C)C)c1.[I-]. The molecule has 0 spiro atoms. The summed E-state index contributed by atoms with van der Waals surface area (Å²) in [6.07, 6.45) is 0. The lowest BCUT2D eigenvalue weighted by molar-refractivity contribution is -0.884. The minimum Gasteiger partial charge on any atom is -1.00 e. The molecule has 0 fully saturated rings. The van der Waals surface area contributed by atoms with Gasteiger partial charge in [0.05, 0.1) is 21.1 Å². The van der Waals surface area contributed by atoms with Crippen molar-refractivity contribution in [2.75, 3.05) is 21.1 Å². The van der Waals surface area contributed by atoms with Gasteiger partial charge in [-0.25, -0.2) is 0 Å². The highest BCUT2D eigenvalue weighted by atomic mass is 127. The summed E-state index contributed by atoms with van der Waals surface area (Å²) in [6.45, 7) is 14.0. The van der Waals surface area contributed by atoms with Crippen LogP contribution >= 0.6 is 0 Å². The van der Waals surface area contributed by atoms with E-state index in [1.807, 2.05) is 0 Å². The van der Waals surface area contributed by atoms with Crippen molar-refractivity contribution in [2.45, 2.75) is 58.9 Å². The quantitative estimate of drug-likeness (QED) is 0.579. The maximum absolute atomic E-state index is 10.7. The van der Waals surface area contributed by atoms with E-state index in [1.54, 1.807) is 0 Å². The van der Waals surface area contributed by atoms with Crippen molar-refractivity contribution in [1.29, 1.82) is 0 Å². The Morgan fingerprint density at radius 3 is 1.71 bits per heavy atom. The van der Waals surface area contributed by atoms with Gasteiger partial charge in [-0.3, -0.25) is 0 Å². The summed E-state index contributed by atoms with van der Waals surface area (Å²) < 4.78 is 0.810. The molecule has 3 heteroatoms. The average molecular weight is 405 g/mol. The summed E-state index contributed by atoms with van der Waals surface area (Å²) in [5.41, 5.74) is 3.44. The molecular weight excluding hydrogens is 373 g/mol. The van der Waals surface area contributed by atoms with Gasteiger partial charge in [-0.15, -0.1) is 0 Å². The number of phenolic OH excluding ortho intramolecular Hbond substituents is 1. The molecular formula is C18H32INO. The van der Waals surface area contributed by atoms with Gasteiger partial charge in [0.2, 0.25) is 0 Å². The number of nitrogens with zero attached hydrogens (tertiary/aromatic N) is 1. The van der Waals surface area contributed by atoms with Crippen molar-refractivity contribution in [1.82, 2.24) is 0 Å². The van der Waals surface area contributed by atoms with E-state index in [-0.39, 0.29) is 34.8 Å². The Kier molecular flexibility index (Phi) is 6.36. The number of hydrogen-bond acceptors (Lipinski definition) is 1. The molecule has 0 atom stereocenters. The van der Waals surface area contributed by atoms with E-state index >= 15 is 0 Å². The monoisotopic (exact) mass is 405 g/mol. The zero-order valence-electron chi connectivity index (χ0n) is 15.1. The Labute approximate surface area is 148 Å². The standard InChI is InChI=1S/C18H31NO.HI/c1-17(2,3)14-10-13(12-19(7,8)9)16(20)15(11-14)18(4,5)6;/h10-11H,12H2,1-9H3;1H. The molecule has 0 aromatic heterocycles. The molecule has 1 N–H and O–H groups in total. The molecule has 0 saturated carbocycles. The third kappa shape index (κ3) is 5.78. The van der Waals surface area contributed by atoms with Crippen LogP contribution in [0.3, 0.4) is 0 Å². The van der Waals surface area contributed by atoms with Crippen molar-refractivity contribution < 1.29 is 33.6 Å². The summed E-state index contributed by atoms with van der Waals surface area (Å²) in [7, 11) is 6.46. The highest BCUT2D eigenvalue weighted by molar-refractivity contribution is 5.48. The van der Waals surface area contributed by atoms with Gasteiger partial charge in [0.25, 0.3) is 0 Å². The second-order valence-corrected chi connectivity index (χ2v) is 8.98. The van der Waals surface area contributed by atoms with Gasteiger partial charge in [0.1, 0.15) is 12.3 Å². The summed E-state index contributed by atoms with van der Waals surface area (Å²) in [4.78, 5) is 0. The average Bonchev–Trinajstić information content (AvgIpc) is 2.15. The number of rotatable bonds is 2. The van der Waals surface area contributed by atoms with Crippen molar-refractivity contribution in [3.05, 3.63) is 28.8 Å². The number of quaternary nitrogens is 1. The largest absolute Gasteiger partial charge is 1.00 e. The second-order valence-electron chi connectivity index (χ2n) is 8.98. The molecule has 0 bridgehead atoms. The van der Waals surface area contributed by atoms with Gasteiger partial charge in [0.15, 0.2) is 0 Å². The molecule has 0 amide bonds. The van der Waals surface area contributed by atoms with Crippen molar-refractivity contribution in [3.8, 4) is 5.75 Å². The number of phenols is 1. The summed E-state index contributed by atoms with van der Waals surface area (Å²) in [5.74, 6) is 0.471. The van der Waals surface area contributed by atoms with Crippen LogP contribution in [0.1, 0.15) is 58.2 Å². The van der Waals surface area contributed by atoms with E-state index in [9.17, 15) is 5.11 Å². The first-order chi connectivity index (χ1) is 8.72. The smallest absolute Gasteiger partial charge is 0.128 e. The topological polar surface area (TPSA) is 20.2 Å². The van der Waals surface area contributed by atoms with E-state index in [2.05, 4.69) is 74.8 Å². The highest BCUT2D eigenvalue weighted by Gasteiger charge is 2.26. The van der Waals surface area contributed by atoms with Crippen LogP contribution in [0.2, 0.25) is 0 Å². The molecule has 0 radical (unpaired) electrons. The van der Waals surface area contributed by atoms with E-state index in [1.165, 1.54) is 5.56 Å². The fraction of sp³-hybridized carbons (Fsp3) is 0.667. The van der Waals surface area contributed by atoms with E-state index in [4.69, 9.17) is 0 Å². The zero-order chi connectivity index (χ0) is 15.9. The first-order valence-electron chi connectivity index (χ1n) is 7.39. The lowest BCUT2D eigenvalue weighted by Gasteiger charge is -2.30. The first-order valence-corrected chi connectivity index (χ1v) is 7.39. The van der Waals surface area contributed by atoms with E-state index in [0.29, 0.717) is 5.75 Å². The lowest BCUT2D eigenvalue weighted by atomic mass is 9.79. The number of aromatic hydroxyl groups is 1. The summed E-state index contributed by atoms with van der Waals surface area (Å²) in [5, 5.41) is 10.7. The minimum absolute atomic E-state index is 0. The minimum atomic E-state index is -0.0506. The fourth-order valence-corrected chi connectivity index (χ4v) is 2.33. The Bertz CT molecular complexity index is 488. The van der Waals surface area contributed by atoms with Crippen LogP contribution in [0.25, 0.3) is 0 Å². The molecule has 2 nitrogen and oxygen atoms in total. The van der Waals surface area contributed by atoms with Crippen LogP contribution in [-0.4, -0.2) is 30.7 Å². The molecule has 1 aromatic carbocycles. The highest BCUT2D eigenvalue weighted by Crippen LogP contribution is 2.38. The van der Waals surface area contributed by atoms with Crippen LogP contribution in [0.15, 0.2) is 12.1 Å². The maximum atomic E-state index is 10.7. The molecule has 122 valence electrons. The molecule has 21 heavy (non-hydrogen) atoms. The van der Waals surface area contributed by atoms with Gasteiger partial charge in [-0.1, -0.05) is 47.6 Å². The Morgan fingerprint density at radius 1 is 0.905 bits per heavy atom. The van der Waals surface area contributed by atoms with Gasteiger partial charge in [0, 0.05) is 11.1 Å². The second kappa shape index (κ2) is 6.45. The summed E-state index contributed by atoms with van der Waals surface area (Å²) in [6, 6.07) is 4.35. The molecule has 0 aliphatic heterocycles. The third-order valence-corrected chi connectivity index (χ3v) is 3.51. The fourth-order valence-electron chi connectivity index (χ4n) is 2.33. The maximum Gasteiger partial charge on any atom is 0.128 e. The summed E-state index contributed by atoms with van der Waals surface area (Å²) >= 11 is 0. The van der Waals surface area contributed by atoms with Gasteiger partial charge in [-0.05, 0) is 22.5 Å². The molecule has 0 saturated heterocycles. The number of halogens is 1. The van der Waals surface area contributed by atoms with Gasteiger partial charge in [-0.2, -0.15) is 0 Å². The molecule has 0 heterocycles. The lowest BCUT2D eigenvalue weighted by Crippen LogP contribution is -3.00. The third-order valence-electron chi connectivity index (χ3n) is 3.51. The zero-order valence-corrected chi connectivity index (χ0v) is 17.3. The van der Waals surface area contributed by atoms with E-state index in [0.717, 1.165) is 22.2 Å². The van der Waals surface area contributed by atoms with Gasteiger partial charge < -0.3 is 33.6 Å². The molecule has 1 aromatic rings. The van der Waals surface area contributed by atoms with Crippen LogP contribution < -0.4 is 24.0 Å². The Balaban J connectivity index is 0.00000400. The van der Waals surface area contributed by atoms with Crippen LogP contribution in [0.4, 0.5) is 0 Å². The number of benzene rings is 1. The predicted octanol–water partition coefficient (Wildman–Crippen LogP) is 1.20. The van der Waals surface area contributed by atoms with Crippen LogP contribution in [0, 0.1) is 0 Å². The molecule has 0 aliphatic carbocycles. The van der Waals surface area contributed by atoms with Crippen molar-refractivity contribution in [3.63, 3.8) is 0 Å². The molecule has 0 unspecified atom stereocenters.